The number of anilines is 2. The van der Waals surface area contributed by atoms with Crippen LogP contribution >= 0.6 is 0 Å². The standard InChI is InChI=1S/C27H29F2N9O2/c1-15(2)38-16(3)33-24-20(28)8-17(9-22(24)38)23-21(29)12-32-27(34-23)35-26-30-10-18(11-31-26)25(39)37-6-4-36(5-7-37)19-13-40-14-19/h8-12,15,19H,4-7,13-14H2,1-3H3,(H,30,31,32,34,35). The molecule has 2 saturated heterocycles. The molecule has 0 bridgehead atoms. The first-order valence-corrected chi connectivity index (χ1v) is 13.2. The summed E-state index contributed by atoms with van der Waals surface area (Å²) in [5, 5.41) is 2.84. The lowest BCUT2D eigenvalue weighted by molar-refractivity contribution is -0.0746. The average molecular weight is 550 g/mol. The van der Waals surface area contributed by atoms with Gasteiger partial charge in [0.15, 0.2) is 11.6 Å². The Morgan fingerprint density at radius 3 is 2.33 bits per heavy atom. The van der Waals surface area contributed by atoms with Gasteiger partial charge in [0.2, 0.25) is 11.9 Å². The molecule has 0 radical (unpaired) electrons. The highest BCUT2D eigenvalue weighted by Crippen LogP contribution is 2.30. The molecule has 0 spiro atoms. The van der Waals surface area contributed by atoms with Crippen molar-refractivity contribution in [1.82, 2.24) is 39.3 Å². The van der Waals surface area contributed by atoms with Crippen LogP contribution in [-0.2, 0) is 4.74 Å². The summed E-state index contributed by atoms with van der Waals surface area (Å²) in [6.07, 6.45) is 3.88. The number of hydrogen-bond acceptors (Lipinski definition) is 9. The number of hydrogen-bond donors (Lipinski definition) is 1. The fourth-order valence-electron chi connectivity index (χ4n) is 5.20. The topological polar surface area (TPSA) is 114 Å². The number of piperazine rings is 1. The number of carbonyl (C=O) groups is 1. The smallest absolute Gasteiger partial charge is 0.257 e. The van der Waals surface area contributed by atoms with Crippen molar-refractivity contribution in [2.45, 2.75) is 32.9 Å². The Kier molecular flexibility index (Phi) is 6.84. The normalized spacial score (nSPS) is 16.5. The van der Waals surface area contributed by atoms with Crippen LogP contribution in [0.1, 0.15) is 36.1 Å². The van der Waals surface area contributed by atoms with E-state index in [9.17, 15) is 13.6 Å². The van der Waals surface area contributed by atoms with E-state index >= 15 is 0 Å². The summed E-state index contributed by atoms with van der Waals surface area (Å²) in [7, 11) is 0. The molecule has 2 fully saturated rings. The quantitative estimate of drug-likeness (QED) is 0.387. The molecule has 13 heteroatoms. The van der Waals surface area contributed by atoms with Gasteiger partial charge in [0.1, 0.15) is 17.0 Å². The largest absolute Gasteiger partial charge is 0.378 e. The molecule has 2 aliphatic heterocycles. The van der Waals surface area contributed by atoms with Crippen LogP contribution in [0.5, 0.6) is 0 Å². The fraction of sp³-hybridized carbons (Fsp3) is 0.407. The molecule has 6 rings (SSSR count). The number of rotatable bonds is 6. The minimum absolute atomic E-state index is 0.0284. The van der Waals surface area contributed by atoms with E-state index in [0.717, 1.165) is 32.5 Å². The lowest BCUT2D eigenvalue weighted by atomic mass is 10.1. The SMILES string of the molecule is Cc1nc2c(F)cc(-c3nc(Nc4ncc(C(=O)N5CCN(C6COC6)CC5)cn4)ncc3F)cc2n1C(C)C. The maximum atomic E-state index is 15.0. The van der Waals surface area contributed by atoms with Crippen molar-refractivity contribution in [2.24, 2.45) is 0 Å². The molecule has 5 heterocycles. The summed E-state index contributed by atoms with van der Waals surface area (Å²) >= 11 is 0. The molecule has 0 saturated carbocycles. The van der Waals surface area contributed by atoms with Gasteiger partial charge in [-0.15, -0.1) is 0 Å². The molecular weight excluding hydrogens is 520 g/mol. The van der Waals surface area contributed by atoms with Crippen LogP contribution in [0.4, 0.5) is 20.7 Å². The average Bonchev–Trinajstić information content (AvgIpc) is 3.26. The molecule has 208 valence electrons. The maximum absolute atomic E-state index is 15.0. The highest BCUT2D eigenvalue weighted by Gasteiger charge is 2.30. The summed E-state index contributed by atoms with van der Waals surface area (Å²) in [5.74, 6) is -0.575. The van der Waals surface area contributed by atoms with E-state index in [4.69, 9.17) is 4.74 Å². The summed E-state index contributed by atoms with van der Waals surface area (Å²) in [4.78, 5) is 38.1. The van der Waals surface area contributed by atoms with E-state index < -0.39 is 11.6 Å². The van der Waals surface area contributed by atoms with E-state index in [0.29, 0.717) is 36.0 Å². The molecule has 1 aromatic carbocycles. The van der Waals surface area contributed by atoms with Crippen LogP contribution in [0, 0.1) is 18.6 Å². The van der Waals surface area contributed by atoms with Gasteiger partial charge in [0.25, 0.3) is 5.91 Å². The second-order valence-electron chi connectivity index (χ2n) is 10.3. The Labute approximate surface area is 229 Å². The van der Waals surface area contributed by atoms with E-state index in [-0.39, 0.29) is 40.6 Å². The first-order valence-electron chi connectivity index (χ1n) is 13.2. The molecule has 0 unspecified atom stereocenters. The van der Waals surface area contributed by atoms with Gasteiger partial charge in [0.05, 0.1) is 36.5 Å². The van der Waals surface area contributed by atoms with Crippen LogP contribution in [0.15, 0.2) is 30.7 Å². The predicted octanol–water partition coefficient (Wildman–Crippen LogP) is 3.35. The van der Waals surface area contributed by atoms with E-state index in [2.05, 4.69) is 35.1 Å². The van der Waals surface area contributed by atoms with Gasteiger partial charge < -0.3 is 14.2 Å². The Morgan fingerprint density at radius 1 is 0.975 bits per heavy atom. The molecule has 0 atom stereocenters. The van der Waals surface area contributed by atoms with Gasteiger partial charge in [0, 0.05) is 50.2 Å². The molecular formula is C27H29F2N9O2. The zero-order valence-corrected chi connectivity index (χ0v) is 22.4. The molecule has 1 amide bonds. The van der Waals surface area contributed by atoms with Crippen LogP contribution in [-0.4, -0.2) is 90.6 Å². The summed E-state index contributed by atoms with van der Waals surface area (Å²) < 4.78 is 36.9. The zero-order valence-electron chi connectivity index (χ0n) is 22.4. The number of benzene rings is 1. The van der Waals surface area contributed by atoms with Gasteiger partial charge in [-0.25, -0.2) is 33.7 Å². The van der Waals surface area contributed by atoms with Crippen molar-refractivity contribution in [3.8, 4) is 11.3 Å². The second-order valence-corrected chi connectivity index (χ2v) is 10.3. The number of amides is 1. The Morgan fingerprint density at radius 2 is 1.68 bits per heavy atom. The van der Waals surface area contributed by atoms with Crippen molar-refractivity contribution in [3.05, 3.63) is 53.7 Å². The van der Waals surface area contributed by atoms with Crippen LogP contribution in [0.3, 0.4) is 0 Å². The minimum Gasteiger partial charge on any atom is -0.378 e. The maximum Gasteiger partial charge on any atom is 0.257 e. The lowest BCUT2D eigenvalue weighted by Gasteiger charge is -2.42. The van der Waals surface area contributed by atoms with Crippen molar-refractivity contribution < 1.29 is 18.3 Å². The lowest BCUT2D eigenvalue weighted by Crippen LogP contribution is -2.57. The number of halogens is 2. The second kappa shape index (κ2) is 10.5. The molecule has 4 aromatic rings. The molecule has 0 aliphatic carbocycles. The minimum atomic E-state index is -0.705. The Hall–Kier alpha value is -4.10. The first kappa shape index (κ1) is 26.1. The molecule has 1 N–H and O–H groups in total. The number of fused-ring (bicyclic) bond motifs is 1. The van der Waals surface area contributed by atoms with Gasteiger partial charge in [-0.2, -0.15) is 0 Å². The summed E-state index contributed by atoms with van der Waals surface area (Å²) in [6.45, 7) is 10.1. The number of aryl methyl sites for hydroxylation is 1. The van der Waals surface area contributed by atoms with E-state index in [1.54, 1.807) is 17.9 Å². The zero-order chi connectivity index (χ0) is 28.0. The van der Waals surface area contributed by atoms with Crippen molar-refractivity contribution in [1.29, 1.82) is 0 Å². The van der Waals surface area contributed by atoms with Crippen molar-refractivity contribution >= 4 is 28.8 Å². The monoisotopic (exact) mass is 549 g/mol. The van der Waals surface area contributed by atoms with Crippen LogP contribution in [0.2, 0.25) is 0 Å². The Bertz CT molecular complexity index is 1560. The van der Waals surface area contributed by atoms with Crippen LogP contribution in [0.25, 0.3) is 22.3 Å². The van der Waals surface area contributed by atoms with Gasteiger partial charge in [-0.3, -0.25) is 15.0 Å². The Balaban J connectivity index is 1.18. The predicted molar refractivity (Wildman–Crippen MR) is 143 cm³/mol. The molecule has 2 aliphatic rings. The number of carbonyl (C=O) groups excluding carboxylic acids is 1. The number of ether oxygens (including phenoxy) is 1. The van der Waals surface area contributed by atoms with E-state index in [1.165, 1.54) is 18.5 Å². The number of nitrogens with zero attached hydrogens (tertiary/aromatic N) is 8. The van der Waals surface area contributed by atoms with Crippen molar-refractivity contribution in [3.63, 3.8) is 0 Å². The third-order valence-corrected chi connectivity index (χ3v) is 7.32. The number of nitrogens with one attached hydrogen (secondary N) is 1. The van der Waals surface area contributed by atoms with Crippen LogP contribution < -0.4 is 5.32 Å². The third-order valence-electron chi connectivity index (χ3n) is 7.32. The number of imidazole rings is 1. The van der Waals surface area contributed by atoms with E-state index in [1.807, 2.05) is 18.4 Å². The number of aromatic nitrogens is 6. The van der Waals surface area contributed by atoms with Gasteiger partial charge >= 0.3 is 0 Å². The fourth-order valence-corrected chi connectivity index (χ4v) is 5.20. The van der Waals surface area contributed by atoms with Crippen molar-refractivity contribution in [2.75, 3.05) is 44.7 Å². The highest BCUT2D eigenvalue weighted by molar-refractivity contribution is 5.93. The van der Waals surface area contributed by atoms with Gasteiger partial charge in [-0.1, -0.05) is 0 Å². The summed E-state index contributed by atoms with van der Waals surface area (Å²) in [6, 6.07) is 3.37. The highest BCUT2D eigenvalue weighted by atomic mass is 19.1. The first-order chi connectivity index (χ1) is 19.3. The third kappa shape index (κ3) is 4.86. The van der Waals surface area contributed by atoms with Gasteiger partial charge in [-0.05, 0) is 32.9 Å². The summed E-state index contributed by atoms with van der Waals surface area (Å²) in [5.41, 5.74) is 1.32. The molecule has 40 heavy (non-hydrogen) atoms. The molecule has 11 nitrogen and oxygen atoms in total. The molecule has 3 aromatic heterocycles.